The normalized spacial score (nSPS) is 11.3. The van der Waals surface area contributed by atoms with Crippen LogP contribution in [0.3, 0.4) is 0 Å². The topological polar surface area (TPSA) is 30.2 Å². The lowest BCUT2D eigenvalue weighted by Gasteiger charge is -2.05. The van der Waals surface area contributed by atoms with Crippen molar-refractivity contribution in [2.75, 3.05) is 0 Å². The number of hydrogen-bond donors (Lipinski definition) is 0. The van der Waals surface area contributed by atoms with E-state index in [0.717, 1.165) is 27.1 Å². The third kappa shape index (κ3) is 2.45. The Hall–Kier alpha value is -2.04. The summed E-state index contributed by atoms with van der Waals surface area (Å²) in [4.78, 5) is 0. The Labute approximate surface area is 136 Å². The maximum absolute atomic E-state index is 6.04. The van der Waals surface area contributed by atoms with Crippen LogP contribution in [0, 0.1) is 0 Å². The summed E-state index contributed by atoms with van der Waals surface area (Å²) in [6.07, 6.45) is 0. The molecular weight excluding hydrogens is 314 g/mol. The number of hydrogen-bond acceptors (Lipinski definition) is 3. The standard InChI is InChI=1S/C17H12ClN3S/c18-14-6-3-4-12(10-14)11-22-17-20-19-16-9-8-13-5-1-2-7-15(13)21(16)17/h1-10H,11H2. The molecule has 0 fully saturated rings. The van der Waals surface area contributed by atoms with E-state index < -0.39 is 0 Å². The minimum absolute atomic E-state index is 0.759. The van der Waals surface area contributed by atoms with Crippen molar-refractivity contribution >= 4 is 39.9 Å². The number of nitrogens with zero attached hydrogens (tertiary/aromatic N) is 3. The highest BCUT2D eigenvalue weighted by molar-refractivity contribution is 7.98. The average molecular weight is 326 g/mol. The second kappa shape index (κ2) is 5.63. The summed E-state index contributed by atoms with van der Waals surface area (Å²) in [6.45, 7) is 0. The van der Waals surface area contributed by atoms with Gasteiger partial charge in [-0.1, -0.05) is 53.7 Å². The van der Waals surface area contributed by atoms with Crippen LogP contribution in [0.2, 0.25) is 5.02 Å². The quantitative estimate of drug-likeness (QED) is 0.505. The molecule has 0 aliphatic rings. The molecule has 0 amide bonds. The Morgan fingerprint density at radius 3 is 2.77 bits per heavy atom. The van der Waals surface area contributed by atoms with Crippen molar-refractivity contribution in [2.24, 2.45) is 0 Å². The highest BCUT2D eigenvalue weighted by Gasteiger charge is 2.09. The molecule has 0 spiro atoms. The Morgan fingerprint density at radius 2 is 1.86 bits per heavy atom. The highest BCUT2D eigenvalue weighted by Crippen LogP contribution is 2.26. The van der Waals surface area contributed by atoms with Gasteiger partial charge < -0.3 is 0 Å². The van der Waals surface area contributed by atoms with Crippen LogP contribution in [0.4, 0.5) is 0 Å². The lowest BCUT2D eigenvalue weighted by atomic mass is 10.2. The Kier molecular flexibility index (Phi) is 3.48. The van der Waals surface area contributed by atoms with Gasteiger partial charge in [-0.2, -0.15) is 0 Å². The van der Waals surface area contributed by atoms with Crippen LogP contribution in [0.5, 0.6) is 0 Å². The van der Waals surface area contributed by atoms with E-state index in [2.05, 4.69) is 38.9 Å². The van der Waals surface area contributed by atoms with Gasteiger partial charge in [0.15, 0.2) is 10.8 Å². The predicted molar refractivity (Wildman–Crippen MR) is 91.5 cm³/mol. The zero-order chi connectivity index (χ0) is 14.9. The van der Waals surface area contributed by atoms with Crippen molar-refractivity contribution < 1.29 is 0 Å². The fourth-order valence-electron chi connectivity index (χ4n) is 2.48. The second-order valence-electron chi connectivity index (χ2n) is 4.99. The van der Waals surface area contributed by atoms with Gasteiger partial charge in [0.2, 0.25) is 0 Å². The maximum atomic E-state index is 6.04. The number of thioether (sulfide) groups is 1. The van der Waals surface area contributed by atoms with E-state index in [-0.39, 0.29) is 0 Å². The molecule has 2 heterocycles. The summed E-state index contributed by atoms with van der Waals surface area (Å²) >= 11 is 7.70. The monoisotopic (exact) mass is 325 g/mol. The van der Waals surface area contributed by atoms with Crippen molar-refractivity contribution in [3.05, 3.63) is 71.2 Å². The summed E-state index contributed by atoms with van der Waals surface area (Å²) in [5.41, 5.74) is 3.17. The van der Waals surface area contributed by atoms with Crippen molar-refractivity contribution in [1.82, 2.24) is 14.6 Å². The average Bonchev–Trinajstić information content (AvgIpc) is 2.97. The zero-order valence-corrected chi connectivity index (χ0v) is 13.2. The van der Waals surface area contributed by atoms with E-state index in [1.165, 1.54) is 10.9 Å². The number of benzene rings is 2. The van der Waals surface area contributed by atoms with Gasteiger partial charge in [0, 0.05) is 10.8 Å². The fraction of sp³-hybridized carbons (Fsp3) is 0.0588. The molecule has 2 aromatic carbocycles. The van der Waals surface area contributed by atoms with Crippen molar-refractivity contribution in [1.29, 1.82) is 0 Å². The number of para-hydroxylation sites is 1. The van der Waals surface area contributed by atoms with Crippen LogP contribution >= 0.6 is 23.4 Å². The smallest absolute Gasteiger partial charge is 0.196 e. The lowest BCUT2D eigenvalue weighted by molar-refractivity contribution is 0.940. The van der Waals surface area contributed by atoms with Gasteiger partial charge in [0.05, 0.1) is 5.52 Å². The van der Waals surface area contributed by atoms with Gasteiger partial charge >= 0.3 is 0 Å². The molecule has 0 atom stereocenters. The minimum atomic E-state index is 0.759. The first kappa shape index (κ1) is 13.6. The molecule has 22 heavy (non-hydrogen) atoms. The second-order valence-corrected chi connectivity index (χ2v) is 6.37. The van der Waals surface area contributed by atoms with Crippen LogP contribution in [0.15, 0.2) is 65.8 Å². The molecule has 0 unspecified atom stereocenters. The van der Waals surface area contributed by atoms with E-state index >= 15 is 0 Å². The first-order chi connectivity index (χ1) is 10.8. The summed E-state index contributed by atoms with van der Waals surface area (Å²) in [5, 5.41) is 11.4. The number of aromatic nitrogens is 3. The SMILES string of the molecule is Clc1cccc(CSc2nnc3ccc4ccccc4n23)c1. The zero-order valence-electron chi connectivity index (χ0n) is 11.6. The number of halogens is 1. The first-order valence-corrected chi connectivity index (χ1v) is 8.28. The molecule has 0 radical (unpaired) electrons. The van der Waals surface area contributed by atoms with E-state index in [0.29, 0.717) is 0 Å². The third-order valence-corrected chi connectivity index (χ3v) is 4.74. The lowest BCUT2D eigenvalue weighted by Crippen LogP contribution is -1.91. The molecule has 0 N–H and O–H groups in total. The molecule has 0 aliphatic heterocycles. The summed E-state index contributed by atoms with van der Waals surface area (Å²) in [7, 11) is 0. The van der Waals surface area contributed by atoms with E-state index in [1.807, 2.05) is 36.4 Å². The van der Waals surface area contributed by atoms with Crippen LogP contribution in [0.25, 0.3) is 16.6 Å². The minimum Gasteiger partial charge on any atom is -0.270 e. The molecule has 0 aliphatic carbocycles. The molecule has 108 valence electrons. The van der Waals surface area contributed by atoms with Gasteiger partial charge in [-0.3, -0.25) is 4.40 Å². The predicted octanol–water partition coefficient (Wildman–Crippen LogP) is 4.83. The Bertz CT molecular complexity index is 964. The molecule has 4 rings (SSSR count). The van der Waals surface area contributed by atoms with Crippen molar-refractivity contribution in [2.45, 2.75) is 10.9 Å². The maximum Gasteiger partial charge on any atom is 0.196 e. The summed E-state index contributed by atoms with van der Waals surface area (Å²) < 4.78 is 2.10. The molecule has 0 saturated carbocycles. The van der Waals surface area contributed by atoms with Gasteiger partial charge in [-0.15, -0.1) is 10.2 Å². The van der Waals surface area contributed by atoms with E-state index in [9.17, 15) is 0 Å². The number of rotatable bonds is 3. The molecule has 5 heteroatoms. The van der Waals surface area contributed by atoms with Gasteiger partial charge in [-0.05, 0) is 41.3 Å². The molecule has 0 bridgehead atoms. The Morgan fingerprint density at radius 1 is 0.955 bits per heavy atom. The van der Waals surface area contributed by atoms with Gasteiger partial charge in [0.25, 0.3) is 0 Å². The van der Waals surface area contributed by atoms with Crippen molar-refractivity contribution in [3.63, 3.8) is 0 Å². The highest BCUT2D eigenvalue weighted by atomic mass is 35.5. The Balaban J connectivity index is 1.74. The number of pyridine rings is 1. The largest absolute Gasteiger partial charge is 0.270 e. The molecule has 4 aromatic rings. The van der Waals surface area contributed by atoms with E-state index in [4.69, 9.17) is 11.6 Å². The first-order valence-electron chi connectivity index (χ1n) is 6.91. The number of fused-ring (bicyclic) bond motifs is 3. The van der Waals surface area contributed by atoms with Crippen LogP contribution in [-0.4, -0.2) is 14.6 Å². The third-order valence-electron chi connectivity index (χ3n) is 3.50. The summed E-state index contributed by atoms with van der Waals surface area (Å²) in [5.74, 6) is 0.810. The van der Waals surface area contributed by atoms with Gasteiger partial charge in [0.1, 0.15) is 0 Å². The molecule has 0 saturated heterocycles. The molecule has 2 aromatic heterocycles. The molecular formula is C17H12ClN3S. The summed E-state index contributed by atoms with van der Waals surface area (Å²) in [6, 6.07) is 20.2. The van der Waals surface area contributed by atoms with Crippen LogP contribution in [-0.2, 0) is 5.75 Å². The fourth-order valence-corrected chi connectivity index (χ4v) is 3.59. The van der Waals surface area contributed by atoms with Gasteiger partial charge in [-0.25, -0.2) is 0 Å². The van der Waals surface area contributed by atoms with E-state index in [1.54, 1.807) is 11.8 Å². The van der Waals surface area contributed by atoms with Crippen LogP contribution in [0.1, 0.15) is 5.56 Å². The van der Waals surface area contributed by atoms with Crippen molar-refractivity contribution in [3.8, 4) is 0 Å². The van der Waals surface area contributed by atoms with Crippen LogP contribution < -0.4 is 0 Å². The molecule has 3 nitrogen and oxygen atoms in total.